The van der Waals surface area contributed by atoms with Crippen LogP contribution in [-0.2, 0) is 4.74 Å². The molecular weight excluding hydrogens is 160 g/mol. The average Bonchev–Trinajstić information content (AvgIpc) is 2.05. The van der Waals surface area contributed by atoms with Crippen molar-refractivity contribution in [2.24, 2.45) is 11.8 Å². The molecule has 0 bridgehead atoms. The Morgan fingerprint density at radius 1 is 1.36 bits per heavy atom. The summed E-state index contributed by atoms with van der Waals surface area (Å²) in [4.78, 5) is 0. The quantitative estimate of drug-likeness (QED) is 0.588. The Bertz CT molecular complexity index is 116. The van der Waals surface area contributed by atoms with Gasteiger partial charge >= 0.3 is 0 Å². The second-order valence-electron chi connectivity index (χ2n) is 3.36. The van der Waals surface area contributed by atoms with Crippen LogP contribution in [0.2, 0.25) is 0 Å². The molecule has 1 aliphatic rings. The van der Waals surface area contributed by atoms with Gasteiger partial charge in [-0.3, -0.25) is 0 Å². The third-order valence-electron chi connectivity index (χ3n) is 2.60. The Kier molecular flexibility index (Phi) is 3.67. The van der Waals surface area contributed by atoms with E-state index in [4.69, 9.17) is 16.3 Å². The van der Waals surface area contributed by atoms with Gasteiger partial charge in [0.25, 0.3) is 0 Å². The Balaban J connectivity index is 2.37. The van der Waals surface area contributed by atoms with Crippen LogP contribution in [0.5, 0.6) is 0 Å². The summed E-state index contributed by atoms with van der Waals surface area (Å²) in [7, 11) is 0. The smallest absolute Gasteiger partial charge is 0.133 e. The fourth-order valence-electron chi connectivity index (χ4n) is 1.60. The van der Waals surface area contributed by atoms with E-state index in [9.17, 15) is 0 Å². The fraction of sp³-hybridized carbons (Fsp3) is 1.00. The van der Waals surface area contributed by atoms with Crippen LogP contribution in [0.4, 0.5) is 0 Å². The normalized spacial score (nSPS) is 39.0. The molecule has 0 saturated carbocycles. The van der Waals surface area contributed by atoms with Gasteiger partial charge in [0.05, 0.1) is 6.61 Å². The maximum Gasteiger partial charge on any atom is 0.133 e. The summed E-state index contributed by atoms with van der Waals surface area (Å²) in [5, 5.41) is 0. The van der Waals surface area contributed by atoms with Gasteiger partial charge in [-0.15, -0.1) is 0 Å². The van der Waals surface area contributed by atoms with Gasteiger partial charge in [0, 0.05) is 0 Å². The predicted octanol–water partition coefficient (Wildman–Crippen LogP) is 3.02. The molecule has 1 aliphatic heterocycles. The number of halogens is 1. The molecule has 11 heavy (non-hydrogen) atoms. The third kappa shape index (κ3) is 2.34. The lowest BCUT2D eigenvalue weighted by Crippen LogP contribution is -2.30. The first-order valence-electron chi connectivity index (χ1n) is 4.53. The largest absolute Gasteiger partial charge is 0.362 e. The highest BCUT2D eigenvalue weighted by molar-refractivity contribution is 6.19. The van der Waals surface area contributed by atoms with Crippen molar-refractivity contribution in [3.63, 3.8) is 0 Å². The standard InChI is InChI=1S/C9H17ClO/c1-3-7-5-8(4-2)9(10)11-6-7/h7-9H,3-6H2,1-2H3. The van der Waals surface area contributed by atoms with E-state index < -0.39 is 0 Å². The van der Waals surface area contributed by atoms with Crippen molar-refractivity contribution in [1.82, 2.24) is 0 Å². The summed E-state index contributed by atoms with van der Waals surface area (Å²) in [5.41, 5.74) is -0.0252. The highest BCUT2D eigenvalue weighted by atomic mass is 35.5. The van der Waals surface area contributed by atoms with E-state index in [1.807, 2.05) is 0 Å². The molecule has 1 saturated heterocycles. The van der Waals surface area contributed by atoms with Crippen LogP contribution < -0.4 is 0 Å². The minimum atomic E-state index is -0.0252. The van der Waals surface area contributed by atoms with E-state index in [0.29, 0.717) is 5.92 Å². The molecule has 2 heteroatoms. The first-order chi connectivity index (χ1) is 5.27. The number of rotatable bonds is 2. The maximum absolute atomic E-state index is 5.98. The van der Waals surface area contributed by atoms with Gasteiger partial charge in [-0.2, -0.15) is 0 Å². The van der Waals surface area contributed by atoms with E-state index >= 15 is 0 Å². The fourth-order valence-corrected chi connectivity index (χ4v) is 1.96. The molecule has 0 radical (unpaired) electrons. The molecule has 0 spiro atoms. The Morgan fingerprint density at radius 2 is 2.09 bits per heavy atom. The number of hydrogen-bond acceptors (Lipinski definition) is 1. The minimum absolute atomic E-state index is 0.0252. The number of hydrogen-bond donors (Lipinski definition) is 0. The van der Waals surface area contributed by atoms with Gasteiger partial charge in [0.2, 0.25) is 0 Å². The van der Waals surface area contributed by atoms with Crippen molar-refractivity contribution >= 4 is 11.6 Å². The van der Waals surface area contributed by atoms with Gasteiger partial charge in [-0.05, 0) is 24.7 Å². The Labute approximate surface area is 74.1 Å². The molecule has 1 heterocycles. The molecule has 3 unspecified atom stereocenters. The summed E-state index contributed by atoms with van der Waals surface area (Å²) in [6, 6.07) is 0. The summed E-state index contributed by atoms with van der Waals surface area (Å²) < 4.78 is 5.45. The molecule has 0 amide bonds. The summed E-state index contributed by atoms with van der Waals surface area (Å²) in [5.74, 6) is 1.32. The molecular formula is C9H17ClO. The third-order valence-corrected chi connectivity index (χ3v) is 3.08. The van der Waals surface area contributed by atoms with Crippen molar-refractivity contribution < 1.29 is 4.74 Å². The average molecular weight is 177 g/mol. The van der Waals surface area contributed by atoms with E-state index in [1.54, 1.807) is 0 Å². The van der Waals surface area contributed by atoms with Crippen LogP contribution in [0, 0.1) is 11.8 Å². The Hall–Kier alpha value is 0.250. The van der Waals surface area contributed by atoms with Crippen LogP contribution in [0.3, 0.4) is 0 Å². The molecule has 0 aliphatic carbocycles. The number of ether oxygens (including phenoxy) is 1. The highest BCUT2D eigenvalue weighted by Crippen LogP contribution is 2.30. The lowest BCUT2D eigenvalue weighted by molar-refractivity contribution is -0.0131. The van der Waals surface area contributed by atoms with Crippen LogP contribution >= 0.6 is 11.6 Å². The van der Waals surface area contributed by atoms with Crippen molar-refractivity contribution in [1.29, 1.82) is 0 Å². The summed E-state index contributed by atoms with van der Waals surface area (Å²) in [6.45, 7) is 5.26. The highest BCUT2D eigenvalue weighted by Gasteiger charge is 2.27. The van der Waals surface area contributed by atoms with E-state index in [0.717, 1.165) is 18.9 Å². The first-order valence-corrected chi connectivity index (χ1v) is 4.97. The summed E-state index contributed by atoms with van der Waals surface area (Å²) in [6.07, 6.45) is 3.62. The van der Waals surface area contributed by atoms with E-state index in [1.165, 1.54) is 12.8 Å². The van der Waals surface area contributed by atoms with Crippen LogP contribution in [-0.4, -0.2) is 12.2 Å². The summed E-state index contributed by atoms with van der Waals surface area (Å²) >= 11 is 5.98. The zero-order valence-corrected chi connectivity index (χ0v) is 8.10. The van der Waals surface area contributed by atoms with Crippen molar-refractivity contribution in [3.05, 3.63) is 0 Å². The molecule has 0 N–H and O–H groups in total. The lowest BCUT2D eigenvalue weighted by Gasteiger charge is -2.31. The van der Waals surface area contributed by atoms with E-state index in [2.05, 4.69) is 13.8 Å². The van der Waals surface area contributed by atoms with E-state index in [-0.39, 0.29) is 5.56 Å². The van der Waals surface area contributed by atoms with Crippen LogP contribution in [0.1, 0.15) is 33.1 Å². The lowest BCUT2D eigenvalue weighted by atomic mass is 9.89. The second-order valence-corrected chi connectivity index (χ2v) is 3.79. The topological polar surface area (TPSA) is 9.23 Å². The van der Waals surface area contributed by atoms with Gasteiger partial charge in [0.1, 0.15) is 5.56 Å². The van der Waals surface area contributed by atoms with Crippen LogP contribution in [0.25, 0.3) is 0 Å². The van der Waals surface area contributed by atoms with Gasteiger partial charge in [-0.25, -0.2) is 0 Å². The molecule has 1 nitrogen and oxygen atoms in total. The molecule has 0 aromatic heterocycles. The van der Waals surface area contributed by atoms with Gasteiger partial charge in [0.15, 0.2) is 0 Å². The maximum atomic E-state index is 5.98. The SMILES string of the molecule is CCC1COC(Cl)C(CC)C1. The van der Waals surface area contributed by atoms with Crippen molar-refractivity contribution in [3.8, 4) is 0 Å². The molecule has 1 fully saturated rings. The van der Waals surface area contributed by atoms with Crippen molar-refractivity contribution in [2.45, 2.75) is 38.7 Å². The molecule has 0 aromatic rings. The molecule has 1 rings (SSSR count). The van der Waals surface area contributed by atoms with Gasteiger partial charge in [-0.1, -0.05) is 31.9 Å². The monoisotopic (exact) mass is 176 g/mol. The van der Waals surface area contributed by atoms with Crippen LogP contribution in [0.15, 0.2) is 0 Å². The minimum Gasteiger partial charge on any atom is -0.362 e. The Morgan fingerprint density at radius 3 is 2.64 bits per heavy atom. The zero-order chi connectivity index (χ0) is 8.27. The van der Waals surface area contributed by atoms with Crippen molar-refractivity contribution in [2.75, 3.05) is 6.61 Å². The predicted molar refractivity (Wildman–Crippen MR) is 47.8 cm³/mol. The first kappa shape index (κ1) is 9.34. The molecule has 66 valence electrons. The second kappa shape index (κ2) is 4.32. The molecule has 0 aromatic carbocycles. The number of alkyl halides is 1. The molecule has 3 atom stereocenters. The zero-order valence-electron chi connectivity index (χ0n) is 7.35. The van der Waals surface area contributed by atoms with Gasteiger partial charge < -0.3 is 4.74 Å².